The SMILES string of the molecule is CCN(CC(=O)O)C(=O)NCCc1ccsc1. The number of amides is 2. The highest BCUT2D eigenvalue weighted by atomic mass is 32.1. The number of carbonyl (C=O) groups excluding carboxylic acids is 1. The van der Waals surface area contributed by atoms with E-state index >= 15 is 0 Å². The Hall–Kier alpha value is -1.56. The Morgan fingerprint density at radius 2 is 2.29 bits per heavy atom. The molecule has 1 aromatic heterocycles. The Morgan fingerprint density at radius 1 is 1.53 bits per heavy atom. The number of hydrogen-bond donors (Lipinski definition) is 2. The van der Waals surface area contributed by atoms with Gasteiger partial charge in [0.15, 0.2) is 0 Å². The van der Waals surface area contributed by atoms with Crippen molar-refractivity contribution in [1.82, 2.24) is 10.2 Å². The van der Waals surface area contributed by atoms with Crippen molar-refractivity contribution >= 4 is 23.3 Å². The van der Waals surface area contributed by atoms with Gasteiger partial charge in [0.25, 0.3) is 0 Å². The van der Waals surface area contributed by atoms with Gasteiger partial charge in [0.05, 0.1) is 0 Å². The van der Waals surface area contributed by atoms with E-state index in [2.05, 4.69) is 5.32 Å². The van der Waals surface area contributed by atoms with E-state index in [9.17, 15) is 9.59 Å². The molecular formula is C11H16N2O3S. The Kier molecular flexibility index (Phi) is 5.48. The second-order valence-corrected chi connectivity index (χ2v) is 4.30. The summed E-state index contributed by atoms with van der Waals surface area (Å²) >= 11 is 1.62. The number of carboxylic acids is 1. The molecule has 94 valence electrons. The Balaban J connectivity index is 2.29. The van der Waals surface area contributed by atoms with Crippen molar-refractivity contribution in [1.29, 1.82) is 0 Å². The minimum absolute atomic E-state index is 0.263. The molecule has 0 fully saturated rings. The number of hydrogen-bond acceptors (Lipinski definition) is 3. The number of likely N-dealkylation sites (N-methyl/N-ethyl adjacent to an activating group) is 1. The van der Waals surface area contributed by atoms with Crippen molar-refractivity contribution < 1.29 is 14.7 Å². The molecule has 0 saturated carbocycles. The van der Waals surface area contributed by atoms with E-state index in [-0.39, 0.29) is 12.6 Å². The smallest absolute Gasteiger partial charge is 0.323 e. The second-order valence-electron chi connectivity index (χ2n) is 3.52. The summed E-state index contributed by atoms with van der Waals surface area (Å²) in [6.45, 7) is 2.39. The van der Waals surface area contributed by atoms with E-state index in [4.69, 9.17) is 5.11 Å². The first-order chi connectivity index (χ1) is 8.13. The number of nitrogens with one attached hydrogen (secondary N) is 1. The van der Waals surface area contributed by atoms with Crippen LogP contribution in [-0.2, 0) is 11.2 Å². The second kappa shape index (κ2) is 6.90. The first-order valence-electron chi connectivity index (χ1n) is 5.39. The van der Waals surface area contributed by atoms with Gasteiger partial charge in [0.1, 0.15) is 6.54 Å². The third-order valence-electron chi connectivity index (χ3n) is 2.27. The molecule has 0 bridgehead atoms. The number of carbonyl (C=O) groups is 2. The zero-order chi connectivity index (χ0) is 12.7. The number of carboxylic acid groups (broad SMARTS) is 1. The van der Waals surface area contributed by atoms with Crippen LogP contribution in [0.15, 0.2) is 16.8 Å². The molecule has 6 heteroatoms. The lowest BCUT2D eigenvalue weighted by Gasteiger charge is -2.18. The summed E-state index contributed by atoms with van der Waals surface area (Å²) in [4.78, 5) is 23.4. The van der Waals surface area contributed by atoms with Crippen LogP contribution in [0.1, 0.15) is 12.5 Å². The van der Waals surface area contributed by atoms with Gasteiger partial charge in [-0.1, -0.05) is 0 Å². The van der Waals surface area contributed by atoms with Gasteiger partial charge in [-0.15, -0.1) is 0 Å². The molecule has 0 aliphatic rings. The lowest BCUT2D eigenvalue weighted by Crippen LogP contribution is -2.43. The molecule has 0 aliphatic heterocycles. The van der Waals surface area contributed by atoms with Gasteiger partial charge in [-0.05, 0) is 35.7 Å². The monoisotopic (exact) mass is 256 g/mol. The predicted molar refractivity (Wildman–Crippen MR) is 66.3 cm³/mol. The molecule has 1 heterocycles. The van der Waals surface area contributed by atoms with Gasteiger partial charge in [0.2, 0.25) is 0 Å². The summed E-state index contributed by atoms with van der Waals surface area (Å²) in [5.41, 5.74) is 1.18. The van der Waals surface area contributed by atoms with Crippen LogP contribution in [0.3, 0.4) is 0 Å². The molecule has 2 amide bonds. The molecule has 5 nitrogen and oxygen atoms in total. The summed E-state index contributed by atoms with van der Waals surface area (Å²) in [5.74, 6) is -1.00. The molecular weight excluding hydrogens is 240 g/mol. The fraction of sp³-hybridized carbons (Fsp3) is 0.455. The molecule has 0 saturated heterocycles. The molecule has 1 rings (SSSR count). The van der Waals surface area contributed by atoms with Crippen molar-refractivity contribution in [3.05, 3.63) is 22.4 Å². The summed E-state index contributed by atoms with van der Waals surface area (Å²) in [6.07, 6.45) is 0.764. The van der Waals surface area contributed by atoms with Crippen LogP contribution >= 0.6 is 11.3 Å². The van der Waals surface area contributed by atoms with Gasteiger partial charge in [0, 0.05) is 13.1 Å². The minimum atomic E-state index is -1.00. The van der Waals surface area contributed by atoms with E-state index in [1.165, 1.54) is 10.5 Å². The summed E-state index contributed by atoms with van der Waals surface area (Å²) < 4.78 is 0. The molecule has 17 heavy (non-hydrogen) atoms. The Bertz CT molecular complexity index is 365. The molecule has 0 atom stereocenters. The summed E-state index contributed by atoms with van der Waals surface area (Å²) in [5, 5.41) is 15.3. The van der Waals surface area contributed by atoms with E-state index < -0.39 is 5.97 Å². The third kappa shape index (κ3) is 4.86. The van der Waals surface area contributed by atoms with Crippen LogP contribution < -0.4 is 5.32 Å². The van der Waals surface area contributed by atoms with Crippen molar-refractivity contribution in [3.63, 3.8) is 0 Å². The number of thiophene rings is 1. The third-order valence-corrected chi connectivity index (χ3v) is 3.00. The number of nitrogens with zero attached hydrogens (tertiary/aromatic N) is 1. The number of urea groups is 1. The standard InChI is InChI=1S/C11H16N2O3S/c1-2-13(7-10(14)15)11(16)12-5-3-9-4-6-17-8-9/h4,6,8H,2-3,5,7H2,1H3,(H,12,16)(H,14,15). The first-order valence-corrected chi connectivity index (χ1v) is 6.33. The topological polar surface area (TPSA) is 69.6 Å². The van der Waals surface area contributed by atoms with Gasteiger partial charge in [-0.2, -0.15) is 11.3 Å². The zero-order valence-electron chi connectivity index (χ0n) is 9.68. The molecule has 1 aromatic rings. The predicted octanol–water partition coefficient (Wildman–Crippen LogP) is 1.41. The first kappa shape index (κ1) is 13.5. The molecule has 2 N–H and O–H groups in total. The maximum atomic E-state index is 11.6. The summed E-state index contributed by atoms with van der Waals surface area (Å²) in [7, 11) is 0. The lowest BCUT2D eigenvalue weighted by molar-refractivity contribution is -0.137. The van der Waals surface area contributed by atoms with E-state index in [0.29, 0.717) is 13.1 Å². The lowest BCUT2D eigenvalue weighted by atomic mass is 10.2. The normalized spacial score (nSPS) is 9.94. The van der Waals surface area contributed by atoms with Crippen LogP contribution in [0.25, 0.3) is 0 Å². The minimum Gasteiger partial charge on any atom is -0.480 e. The highest BCUT2D eigenvalue weighted by Gasteiger charge is 2.13. The van der Waals surface area contributed by atoms with Crippen LogP contribution in [0, 0.1) is 0 Å². The Labute approximate surface area is 104 Å². The van der Waals surface area contributed by atoms with E-state index in [1.54, 1.807) is 18.3 Å². The summed E-state index contributed by atoms with van der Waals surface area (Å²) in [6, 6.07) is 1.68. The number of rotatable bonds is 6. The van der Waals surface area contributed by atoms with Crippen molar-refractivity contribution in [2.45, 2.75) is 13.3 Å². The maximum absolute atomic E-state index is 11.6. The highest BCUT2D eigenvalue weighted by Crippen LogP contribution is 2.05. The van der Waals surface area contributed by atoms with Crippen molar-refractivity contribution in [3.8, 4) is 0 Å². The Morgan fingerprint density at radius 3 is 2.82 bits per heavy atom. The molecule has 0 aliphatic carbocycles. The van der Waals surface area contributed by atoms with Gasteiger partial charge in [-0.3, -0.25) is 4.79 Å². The fourth-order valence-corrected chi connectivity index (χ4v) is 2.05. The fourth-order valence-electron chi connectivity index (χ4n) is 1.35. The van der Waals surface area contributed by atoms with E-state index in [0.717, 1.165) is 6.42 Å². The van der Waals surface area contributed by atoms with E-state index in [1.807, 2.05) is 16.8 Å². The largest absolute Gasteiger partial charge is 0.480 e. The molecule has 0 aromatic carbocycles. The van der Waals surface area contributed by atoms with Gasteiger partial charge in [-0.25, -0.2) is 4.79 Å². The number of aliphatic carboxylic acids is 1. The van der Waals surface area contributed by atoms with Crippen LogP contribution in [0.2, 0.25) is 0 Å². The molecule has 0 unspecified atom stereocenters. The maximum Gasteiger partial charge on any atom is 0.323 e. The average molecular weight is 256 g/mol. The van der Waals surface area contributed by atoms with Gasteiger partial charge < -0.3 is 15.3 Å². The average Bonchev–Trinajstić information content (AvgIpc) is 2.78. The van der Waals surface area contributed by atoms with Gasteiger partial charge >= 0.3 is 12.0 Å². The molecule has 0 spiro atoms. The van der Waals surface area contributed by atoms with Crippen molar-refractivity contribution in [2.75, 3.05) is 19.6 Å². The van der Waals surface area contributed by atoms with Crippen LogP contribution in [0.4, 0.5) is 4.79 Å². The molecule has 0 radical (unpaired) electrons. The van der Waals surface area contributed by atoms with Crippen molar-refractivity contribution in [2.24, 2.45) is 0 Å². The van der Waals surface area contributed by atoms with Crippen LogP contribution in [0.5, 0.6) is 0 Å². The highest BCUT2D eigenvalue weighted by molar-refractivity contribution is 7.07. The quantitative estimate of drug-likeness (QED) is 0.808. The zero-order valence-corrected chi connectivity index (χ0v) is 10.5. The van der Waals surface area contributed by atoms with Crippen LogP contribution in [-0.4, -0.2) is 41.6 Å².